The van der Waals surface area contributed by atoms with Gasteiger partial charge in [0.25, 0.3) is 5.91 Å². The number of aryl methyl sites for hydroxylation is 3. The molecule has 2 rings (SSSR count). The van der Waals surface area contributed by atoms with Gasteiger partial charge in [-0.05, 0) is 51.0 Å². The molecule has 0 aliphatic rings. The molecule has 4 nitrogen and oxygen atoms in total. The third-order valence-electron chi connectivity index (χ3n) is 3.21. The Labute approximate surface area is 125 Å². The zero-order chi connectivity index (χ0) is 15.4. The molecule has 1 heterocycles. The summed E-state index contributed by atoms with van der Waals surface area (Å²) in [4.78, 5) is 16.6. The molecule has 0 bridgehead atoms. The smallest absolute Gasteiger partial charge is 0.261 e. The van der Waals surface area contributed by atoms with Crippen molar-refractivity contribution in [2.45, 2.75) is 27.7 Å². The third kappa shape index (κ3) is 3.40. The van der Waals surface area contributed by atoms with Crippen LogP contribution in [0.2, 0.25) is 0 Å². The molecule has 110 valence electrons. The summed E-state index contributed by atoms with van der Waals surface area (Å²) in [7, 11) is 0. The van der Waals surface area contributed by atoms with E-state index in [-0.39, 0.29) is 5.91 Å². The van der Waals surface area contributed by atoms with Crippen molar-refractivity contribution in [3.63, 3.8) is 0 Å². The molecule has 21 heavy (non-hydrogen) atoms. The predicted octanol–water partition coefficient (Wildman–Crippen LogP) is 3.66. The van der Waals surface area contributed by atoms with E-state index in [9.17, 15) is 4.79 Å². The van der Waals surface area contributed by atoms with E-state index in [2.05, 4.69) is 22.4 Å². The Bertz CT molecular complexity index is 643. The van der Waals surface area contributed by atoms with Gasteiger partial charge in [-0.3, -0.25) is 4.79 Å². The maximum absolute atomic E-state index is 12.5. The number of hydrogen-bond acceptors (Lipinski definition) is 3. The van der Waals surface area contributed by atoms with Crippen LogP contribution in [0.1, 0.15) is 34.0 Å². The Kier molecular flexibility index (Phi) is 4.58. The molecule has 0 aliphatic carbocycles. The first-order chi connectivity index (χ1) is 10.0. The van der Waals surface area contributed by atoms with Crippen LogP contribution in [0, 0.1) is 20.8 Å². The van der Waals surface area contributed by atoms with Crippen LogP contribution < -0.4 is 10.1 Å². The Morgan fingerprint density at radius 1 is 1.24 bits per heavy atom. The Morgan fingerprint density at radius 3 is 2.52 bits per heavy atom. The van der Waals surface area contributed by atoms with E-state index >= 15 is 0 Å². The van der Waals surface area contributed by atoms with Crippen LogP contribution in [-0.2, 0) is 0 Å². The van der Waals surface area contributed by atoms with E-state index in [1.54, 1.807) is 18.3 Å². The van der Waals surface area contributed by atoms with Crippen molar-refractivity contribution in [1.29, 1.82) is 0 Å². The SMILES string of the molecule is CCOc1ncccc1C(=O)Nc1c(C)cc(C)cc1C. The summed E-state index contributed by atoms with van der Waals surface area (Å²) >= 11 is 0. The molecule has 0 saturated carbocycles. The van der Waals surface area contributed by atoms with E-state index in [1.807, 2.05) is 27.7 Å². The standard InChI is InChI=1S/C17H20N2O2/c1-5-21-17-14(7-6-8-18-17)16(20)19-15-12(3)9-11(2)10-13(15)4/h6-10H,5H2,1-4H3,(H,19,20). The second-order valence-corrected chi connectivity index (χ2v) is 5.02. The molecule has 1 N–H and O–H groups in total. The number of pyridine rings is 1. The summed E-state index contributed by atoms with van der Waals surface area (Å²) in [5, 5.41) is 2.96. The van der Waals surface area contributed by atoms with E-state index < -0.39 is 0 Å². The van der Waals surface area contributed by atoms with Gasteiger partial charge >= 0.3 is 0 Å². The zero-order valence-corrected chi connectivity index (χ0v) is 12.9. The first-order valence-corrected chi connectivity index (χ1v) is 7.00. The lowest BCUT2D eigenvalue weighted by Gasteiger charge is -2.14. The fourth-order valence-corrected chi connectivity index (χ4v) is 2.37. The third-order valence-corrected chi connectivity index (χ3v) is 3.21. The Hall–Kier alpha value is -2.36. The van der Waals surface area contributed by atoms with Gasteiger partial charge in [-0.1, -0.05) is 17.7 Å². The number of anilines is 1. The highest BCUT2D eigenvalue weighted by atomic mass is 16.5. The van der Waals surface area contributed by atoms with Crippen molar-refractivity contribution in [3.05, 3.63) is 52.7 Å². The minimum absolute atomic E-state index is 0.207. The van der Waals surface area contributed by atoms with Crippen LogP contribution in [-0.4, -0.2) is 17.5 Å². The average Bonchev–Trinajstić information content (AvgIpc) is 2.43. The molecular formula is C17H20N2O2. The number of carbonyl (C=O) groups is 1. The summed E-state index contributed by atoms with van der Waals surface area (Å²) in [5.41, 5.74) is 4.56. The minimum atomic E-state index is -0.207. The molecule has 1 aromatic carbocycles. The van der Waals surface area contributed by atoms with Gasteiger partial charge in [0.2, 0.25) is 5.88 Å². The highest BCUT2D eigenvalue weighted by molar-refractivity contribution is 6.06. The van der Waals surface area contributed by atoms with Gasteiger partial charge in [0, 0.05) is 11.9 Å². The fraction of sp³-hybridized carbons (Fsp3) is 0.294. The van der Waals surface area contributed by atoms with Gasteiger partial charge in [0.05, 0.1) is 6.61 Å². The molecule has 0 aliphatic heterocycles. The lowest BCUT2D eigenvalue weighted by molar-refractivity contribution is 0.102. The Balaban J connectivity index is 2.31. The van der Waals surface area contributed by atoms with Crippen LogP contribution in [0.5, 0.6) is 5.88 Å². The van der Waals surface area contributed by atoms with Crippen LogP contribution >= 0.6 is 0 Å². The fourth-order valence-electron chi connectivity index (χ4n) is 2.37. The molecule has 0 radical (unpaired) electrons. The number of benzene rings is 1. The quantitative estimate of drug-likeness (QED) is 0.932. The van der Waals surface area contributed by atoms with E-state index in [0.29, 0.717) is 18.1 Å². The monoisotopic (exact) mass is 284 g/mol. The van der Waals surface area contributed by atoms with Gasteiger partial charge < -0.3 is 10.1 Å². The highest BCUT2D eigenvalue weighted by Crippen LogP contribution is 2.24. The van der Waals surface area contributed by atoms with E-state index in [0.717, 1.165) is 16.8 Å². The van der Waals surface area contributed by atoms with Gasteiger partial charge in [-0.15, -0.1) is 0 Å². The van der Waals surface area contributed by atoms with Crippen molar-refractivity contribution in [2.24, 2.45) is 0 Å². The number of carbonyl (C=O) groups excluding carboxylic acids is 1. The van der Waals surface area contributed by atoms with E-state index in [1.165, 1.54) is 5.56 Å². The van der Waals surface area contributed by atoms with Crippen LogP contribution in [0.3, 0.4) is 0 Å². The molecule has 0 fully saturated rings. The number of amides is 1. The molecule has 4 heteroatoms. The van der Waals surface area contributed by atoms with Crippen LogP contribution in [0.4, 0.5) is 5.69 Å². The lowest BCUT2D eigenvalue weighted by Crippen LogP contribution is -2.16. The molecule has 1 aromatic heterocycles. The van der Waals surface area contributed by atoms with Crippen molar-refractivity contribution in [1.82, 2.24) is 4.98 Å². The first-order valence-electron chi connectivity index (χ1n) is 7.00. The molecule has 2 aromatic rings. The Morgan fingerprint density at radius 2 is 1.90 bits per heavy atom. The molecule has 0 atom stereocenters. The van der Waals surface area contributed by atoms with Crippen LogP contribution in [0.25, 0.3) is 0 Å². The van der Waals surface area contributed by atoms with Gasteiger partial charge in [-0.2, -0.15) is 0 Å². The van der Waals surface area contributed by atoms with E-state index in [4.69, 9.17) is 4.74 Å². The van der Waals surface area contributed by atoms with Crippen molar-refractivity contribution < 1.29 is 9.53 Å². The summed E-state index contributed by atoms with van der Waals surface area (Å²) in [6.45, 7) is 8.36. The maximum atomic E-state index is 12.5. The lowest BCUT2D eigenvalue weighted by atomic mass is 10.0. The van der Waals surface area contributed by atoms with Gasteiger partial charge in [-0.25, -0.2) is 4.98 Å². The second-order valence-electron chi connectivity index (χ2n) is 5.02. The predicted molar refractivity (Wildman–Crippen MR) is 84.0 cm³/mol. The highest BCUT2D eigenvalue weighted by Gasteiger charge is 2.15. The average molecular weight is 284 g/mol. The zero-order valence-electron chi connectivity index (χ0n) is 12.9. The number of aromatic nitrogens is 1. The largest absolute Gasteiger partial charge is 0.477 e. The second kappa shape index (κ2) is 6.39. The van der Waals surface area contributed by atoms with Crippen LogP contribution in [0.15, 0.2) is 30.5 Å². The van der Waals surface area contributed by atoms with Crippen molar-refractivity contribution >= 4 is 11.6 Å². The summed E-state index contributed by atoms with van der Waals surface area (Å²) in [6.07, 6.45) is 1.62. The summed E-state index contributed by atoms with van der Waals surface area (Å²) in [6, 6.07) is 7.54. The molecule has 1 amide bonds. The number of hydrogen-bond donors (Lipinski definition) is 1. The van der Waals surface area contributed by atoms with Gasteiger partial charge in [0.15, 0.2) is 0 Å². The van der Waals surface area contributed by atoms with Crippen molar-refractivity contribution in [2.75, 3.05) is 11.9 Å². The minimum Gasteiger partial charge on any atom is -0.477 e. The number of rotatable bonds is 4. The van der Waals surface area contributed by atoms with Gasteiger partial charge in [0.1, 0.15) is 5.56 Å². The maximum Gasteiger partial charge on any atom is 0.261 e. The number of nitrogens with zero attached hydrogens (tertiary/aromatic N) is 1. The molecule has 0 spiro atoms. The molecule has 0 unspecified atom stereocenters. The molecular weight excluding hydrogens is 264 g/mol. The first kappa shape index (κ1) is 15.0. The van der Waals surface area contributed by atoms with Crippen molar-refractivity contribution in [3.8, 4) is 5.88 Å². The molecule has 0 saturated heterocycles. The summed E-state index contributed by atoms with van der Waals surface area (Å²) < 4.78 is 5.40. The number of nitrogens with one attached hydrogen (secondary N) is 1. The normalized spacial score (nSPS) is 10.3. The number of ether oxygens (including phenoxy) is 1. The topological polar surface area (TPSA) is 51.2 Å². The summed E-state index contributed by atoms with van der Waals surface area (Å²) in [5.74, 6) is 0.154.